The fourth-order valence-electron chi connectivity index (χ4n) is 1.35. The monoisotopic (exact) mass is 205 g/mol. The summed E-state index contributed by atoms with van der Waals surface area (Å²) < 4.78 is 5.05. The molecule has 1 heterocycles. The van der Waals surface area contributed by atoms with Crippen LogP contribution in [0.2, 0.25) is 0 Å². The largest absolute Gasteiger partial charge is 0.485 e. The van der Waals surface area contributed by atoms with E-state index in [4.69, 9.17) is 4.74 Å². The van der Waals surface area contributed by atoms with Gasteiger partial charge < -0.3 is 4.74 Å². The van der Waals surface area contributed by atoms with E-state index in [0.29, 0.717) is 5.56 Å². The fraction of sp³-hybridized carbons (Fsp3) is 0.100. The van der Waals surface area contributed by atoms with Gasteiger partial charge in [0.25, 0.3) is 5.69 Å². The second kappa shape index (κ2) is 3.53. The summed E-state index contributed by atoms with van der Waals surface area (Å²) in [5.74, 6) is -0.149. The van der Waals surface area contributed by atoms with Crippen LogP contribution in [0.4, 0.5) is 5.69 Å². The molecule has 1 aliphatic rings. The summed E-state index contributed by atoms with van der Waals surface area (Å²) in [5.41, 5.74) is 0.618. The maximum atomic E-state index is 11.2. The number of non-ortho nitro benzene ring substituents is 1. The molecule has 0 saturated heterocycles. The quantitative estimate of drug-likeness (QED) is 0.544. The highest BCUT2D eigenvalue weighted by molar-refractivity contribution is 5.95. The summed E-state index contributed by atoms with van der Waals surface area (Å²) in [6, 6.07) is 5.75. The maximum absolute atomic E-state index is 11.2. The molecule has 0 aliphatic carbocycles. The Labute approximate surface area is 85.1 Å². The number of ketones is 1. The third-order valence-electron chi connectivity index (χ3n) is 2.11. The lowest BCUT2D eigenvalue weighted by molar-refractivity contribution is -0.384. The first-order valence-electron chi connectivity index (χ1n) is 4.29. The molecule has 76 valence electrons. The number of carbonyl (C=O) groups is 1. The minimum Gasteiger partial charge on any atom is -0.485 e. The number of carbonyl (C=O) groups excluding carboxylic acids is 1. The Morgan fingerprint density at radius 2 is 1.93 bits per heavy atom. The smallest absolute Gasteiger partial charge is 0.269 e. The normalized spacial score (nSPS) is 18.9. The molecule has 15 heavy (non-hydrogen) atoms. The number of nitro groups is 1. The summed E-state index contributed by atoms with van der Waals surface area (Å²) in [6.07, 6.45) is 2.02. The molecule has 1 aromatic rings. The van der Waals surface area contributed by atoms with Gasteiger partial charge in [0.15, 0.2) is 6.10 Å². The van der Waals surface area contributed by atoms with Gasteiger partial charge in [0.1, 0.15) is 0 Å². The molecule has 1 unspecified atom stereocenters. The second-order valence-electron chi connectivity index (χ2n) is 3.07. The van der Waals surface area contributed by atoms with Crippen molar-refractivity contribution in [3.63, 3.8) is 0 Å². The third kappa shape index (κ3) is 1.71. The summed E-state index contributed by atoms with van der Waals surface area (Å²) in [6.45, 7) is 0. The summed E-state index contributed by atoms with van der Waals surface area (Å²) >= 11 is 0. The van der Waals surface area contributed by atoms with Crippen LogP contribution >= 0.6 is 0 Å². The first-order chi connectivity index (χ1) is 7.18. The van der Waals surface area contributed by atoms with Gasteiger partial charge >= 0.3 is 0 Å². The molecule has 0 bridgehead atoms. The zero-order chi connectivity index (χ0) is 10.8. The highest BCUT2D eigenvalue weighted by Gasteiger charge is 2.23. The van der Waals surface area contributed by atoms with Gasteiger partial charge in [0.2, 0.25) is 5.78 Å². The highest BCUT2D eigenvalue weighted by atomic mass is 16.6. The molecule has 1 aromatic carbocycles. The van der Waals surface area contributed by atoms with E-state index in [1.807, 2.05) is 0 Å². The van der Waals surface area contributed by atoms with Crippen LogP contribution in [-0.4, -0.2) is 10.7 Å². The van der Waals surface area contributed by atoms with E-state index in [0.717, 1.165) is 0 Å². The Morgan fingerprint density at radius 3 is 2.40 bits per heavy atom. The fourth-order valence-corrected chi connectivity index (χ4v) is 1.35. The number of rotatable bonds is 2. The van der Waals surface area contributed by atoms with Crippen molar-refractivity contribution in [1.29, 1.82) is 0 Å². The van der Waals surface area contributed by atoms with E-state index in [1.165, 1.54) is 36.6 Å². The van der Waals surface area contributed by atoms with Crippen molar-refractivity contribution in [2.45, 2.75) is 6.10 Å². The predicted molar refractivity (Wildman–Crippen MR) is 51.1 cm³/mol. The first-order valence-corrected chi connectivity index (χ1v) is 4.29. The van der Waals surface area contributed by atoms with Crippen molar-refractivity contribution in [1.82, 2.24) is 0 Å². The minimum atomic E-state index is -0.647. The van der Waals surface area contributed by atoms with Crippen LogP contribution in [0.1, 0.15) is 11.7 Å². The molecule has 2 rings (SSSR count). The molecule has 1 atom stereocenters. The number of nitro benzene ring substituents is 1. The van der Waals surface area contributed by atoms with Crippen molar-refractivity contribution in [3.05, 3.63) is 52.3 Å². The Bertz CT molecular complexity index is 435. The van der Waals surface area contributed by atoms with Gasteiger partial charge in [0.05, 0.1) is 11.2 Å². The lowest BCUT2D eigenvalue weighted by Crippen LogP contribution is -2.06. The number of hydrogen-bond acceptors (Lipinski definition) is 4. The lowest BCUT2D eigenvalue weighted by atomic mass is 10.1. The summed E-state index contributed by atoms with van der Waals surface area (Å²) in [5, 5.41) is 10.4. The van der Waals surface area contributed by atoms with Crippen molar-refractivity contribution < 1.29 is 14.5 Å². The Balaban J connectivity index is 2.24. The molecular weight excluding hydrogens is 198 g/mol. The zero-order valence-electron chi connectivity index (χ0n) is 7.62. The SMILES string of the molecule is O=C1C=COC1c1ccc([N+](=O)[O-])cc1. The molecule has 5 nitrogen and oxygen atoms in total. The average molecular weight is 205 g/mol. The summed E-state index contributed by atoms with van der Waals surface area (Å²) in [7, 11) is 0. The van der Waals surface area contributed by atoms with Gasteiger partial charge in [-0.2, -0.15) is 0 Å². The van der Waals surface area contributed by atoms with Crippen LogP contribution in [0.3, 0.4) is 0 Å². The average Bonchev–Trinajstić information content (AvgIpc) is 2.65. The Kier molecular flexibility index (Phi) is 2.21. The maximum Gasteiger partial charge on any atom is 0.269 e. The van der Waals surface area contributed by atoms with Crippen LogP contribution in [0, 0.1) is 10.1 Å². The molecule has 0 aromatic heterocycles. The standard InChI is InChI=1S/C10H7NO4/c12-9-5-6-15-10(9)7-1-3-8(4-2-7)11(13)14/h1-6,10H. The first kappa shape index (κ1) is 9.39. The topological polar surface area (TPSA) is 69.4 Å². The Morgan fingerprint density at radius 1 is 1.27 bits per heavy atom. The number of hydrogen-bond donors (Lipinski definition) is 0. The van der Waals surface area contributed by atoms with Crippen molar-refractivity contribution in [2.75, 3.05) is 0 Å². The van der Waals surface area contributed by atoms with Crippen molar-refractivity contribution in [3.8, 4) is 0 Å². The molecule has 5 heteroatoms. The zero-order valence-corrected chi connectivity index (χ0v) is 7.62. The molecule has 0 spiro atoms. The molecule has 0 amide bonds. The lowest BCUT2D eigenvalue weighted by Gasteiger charge is -2.08. The molecule has 1 aliphatic heterocycles. The van der Waals surface area contributed by atoms with Gasteiger partial charge in [0, 0.05) is 23.8 Å². The molecule has 0 radical (unpaired) electrons. The van der Waals surface area contributed by atoms with Gasteiger partial charge in [-0.15, -0.1) is 0 Å². The van der Waals surface area contributed by atoms with E-state index in [1.54, 1.807) is 0 Å². The molecular formula is C10H7NO4. The Hall–Kier alpha value is -2.17. The van der Waals surface area contributed by atoms with Crippen LogP contribution in [0.5, 0.6) is 0 Å². The van der Waals surface area contributed by atoms with E-state index >= 15 is 0 Å². The predicted octanol–water partition coefficient (Wildman–Crippen LogP) is 1.75. The van der Waals surface area contributed by atoms with Crippen LogP contribution in [0.15, 0.2) is 36.6 Å². The van der Waals surface area contributed by atoms with Crippen molar-refractivity contribution >= 4 is 11.5 Å². The van der Waals surface area contributed by atoms with Gasteiger partial charge in [-0.05, 0) is 12.1 Å². The molecule has 0 N–H and O–H groups in total. The minimum absolute atomic E-state index is 0.00263. The number of nitrogens with zero attached hydrogens (tertiary/aromatic N) is 1. The number of benzene rings is 1. The van der Waals surface area contributed by atoms with Crippen molar-refractivity contribution in [2.24, 2.45) is 0 Å². The molecule has 0 fully saturated rings. The van der Waals surface area contributed by atoms with E-state index < -0.39 is 11.0 Å². The van der Waals surface area contributed by atoms with Crippen LogP contribution < -0.4 is 0 Å². The van der Waals surface area contributed by atoms with E-state index in [-0.39, 0.29) is 11.5 Å². The second-order valence-corrected chi connectivity index (χ2v) is 3.07. The molecule has 0 saturated carbocycles. The van der Waals surface area contributed by atoms with E-state index in [9.17, 15) is 14.9 Å². The highest BCUT2D eigenvalue weighted by Crippen LogP contribution is 2.25. The van der Waals surface area contributed by atoms with Crippen LogP contribution in [-0.2, 0) is 9.53 Å². The summed E-state index contributed by atoms with van der Waals surface area (Å²) in [4.78, 5) is 21.2. The van der Waals surface area contributed by atoms with Gasteiger partial charge in [-0.3, -0.25) is 14.9 Å². The number of ether oxygens (including phenoxy) is 1. The van der Waals surface area contributed by atoms with E-state index in [2.05, 4.69) is 0 Å². The van der Waals surface area contributed by atoms with Gasteiger partial charge in [-0.25, -0.2) is 0 Å². The van der Waals surface area contributed by atoms with Gasteiger partial charge in [-0.1, -0.05) is 0 Å². The van der Waals surface area contributed by atoms with Crippen LogP contribution in [0.25, 0.3) is 0 Å². The third-order valence-corrected chi connectivity index (χ3v) is 2.11.